The van der Waals surface area contributed by atoms with E-state index in [1.54, 1.807) is 24.3 Å². The lowest BCUT2D eigenvalue weighted by atomic mass is 10.2. The van der Waals surface area contributed by atoms with Crippen LogP contribution in [0.5, 0.6) is 5.75 Å². The Kier molecular flexibility index (Phi) is 16.8. The Morgan fingerprint density at radius 1 is 0.774 bits per heavy atom. The summed E-state index contributed by atoms with van der Waals surface area (Å²) in [7, 11) is 1.34. The Labute approximate surface area is 182 Å². The van der Waals surface area contributed by atoms with Gasteiger partial charge in [0.1, 0.15) is 12.4 Å². The van der Waals surface area contributed by atoms with Crippen LogP contribution in [-0.2, 0) is 28.4 Å². The third-order valence-electron chi connectivity index (χ3n) is 3.66. The highest BCUT2D eigenvalue weighted by atomic mass is 16.6. The minimum Gasteiger partial charge on any atom is -0.491 e. The molecule has 0 radical (unpaired) electrons. The molecule has 31 heavy (non-hydrogen) atoms. The highest BCUT2D eigenvalue weighted by molar-refractivity contribution is 5.89. The molecule has 0 aromatic heterocycles. The maximum absolute atomic E-state index is 11.3. The summed E-state index contributed by atoms with van der Waals surface area (Å²) in [6, 6.07) is 6.72. The predicted octanol–water partition coefficient (Wildman–Crippen LogP) is 2.25. The predicted molar refractivity (Wildman–Crippen MR) is 111 cm³/mol. The summed E-state index contributed by atoms with van der Waals surface area (Å²) >= 11 is 0. The van der Waals surface area contributed by atoms with E-state index in [1.807, 2.05) is 0 Å². The van der Waals surface area contributed by atoms with Gasteiger partial charge in [-0.05, 0) is 29.8 Å². The lowest BCUT2D eigenvalue weighted by Gasteiger charge is -2.09. The molecule has 0 saturated carbocycles. The van der Waals surface area contributed by atoms with Crippen molar-refractivity contribution in [3.8, 4) is 5.75 Å². The fourth-order valence-corrected chi connectivity index (χ4v) is 2.16. The molecule has 174 valence electrons. The molecule has 1 aromatic carbocycles. The van der Waals surface area contributed by atoms with Gasteiger partial charge in [-0.3, -0.25) is 0 Å². The van der Waals surface area contributed by atoms with Gasteiger partial charge in [0, 0.05) is 11.5 Å². The molecule has 0 unspecified atom stereocenters. The summed E-state index contributed by atoms with van der Waals surface area (Å²) in [5.74, 6) is 0.280. The SMILES string of the molecule is COC(=O)c1ccc(OCCOCCOCCOCCOCCOCCN=[N+]=[N-])cc1. The number of esters is 1. The average Bonchev–Trinajstić information content (AvgIpc) is 2.80. The Bertz CT molecular complexity index is 623. The lowest BCUT2D eigenvalue weighted by molar-refractivity contribution is -0.0122. The summed E-state index contributed by atoms with van der Waals surface area (Å²) in [6.45, 7) is 5.35. The Morgan fingerprint density at radius 2 is 1.23 bits per heavy atom. The smallest absolute Gasteiger partial charge is 0.337 e. The van der Waals surface area contributed by atoms with Gasteiger partial charge in [-0.2, -0.15) is 0 Å². The van der Waals surface area contributed by atoms with Crippen molar-refractivity contribution in [2.24, 2.45) is 5.11 Å². The fraction of sp³-hybridized carbons (Fsp3) is 0.650. The third-order valence-corrected chi connectivity index (χ3v) is 3.66. The summed E-state index contributed by atoms with van der Waals surface area (Å²) in [6.07, 6.45) is 0. The van der Waals surface area contributed by atoms with E-state index < -0.39 is 0 Å². The minimum absolute atomic E-state index is 0.326. The Balaban J connectivity index is 1.80. The van der Waals surface area contributed by atoms with Crippen LogP contribution < -0.4 is 4.74 Å². The second kappa shape index (κ2) is 19.6. The number of rotatable bonds is 20. The van der Waals surface area contributed by atoms with E-state index in [1.165, 1.54) is 7.11 Å². The molecule has 0 fully saturated rings. The summed E-state index contributed by atoms with van der Waals surface area (Å²) in [4.78, 5) is 14.0. The molecule has 0 atom stereocenters. The largest absolute Gasteiger partial charge is 0.491 e. The maximum Gasteiger partial charge on any atom is 0.337 e. The normalized spacial score (nSPS) is 10.5. The molecule has 0 amide bonds. The maximum atomic E-state index is 11.3. The molecule has 11 heteroatoms. The van der Waals surface area contributed by atoms with Crippen molar-refractivity contribution in [1.29, 1.82) is 0 Å². The monoisotopic (exact) mass is 441 g/mol. The van der Waals surface area contributed by atoms with Crippen LogP contribution in [0, 0.1) is 0 Å². The number of hydrogen-bond donors (Lipinski definition) is 0. The molecule has 0 aliphatic carbocycles. The zero-order valence-electron chi connectivity index (χ0n) is 17.9. The summed E-state index contributed by atoms with van der Waals surface area (Å²) in [5.41, 5.74) is 8.57. The topological polar surface area (TPSA) is 130 Å². The number of hydrogen-bond acceptors (Lipinski definition) is 9. The van der Waals surface area contributed by atoms with Crippen LogP contribution >= 0.6 is 0 Å². The van der Waals surface area contributed by atoms with Gasteiger partial charge in [-0.1, -0.05) is 5.11 Å². The standard InChI is InChI=1S/C20H31N3O8/c1-25-20(24)18-2-4-19(5-3-18)31-17-16-30-15-14-29-13-12-28-11-10-27-9-8-26-7-6-22-23-21/h2-5H,6-17H2,1H3. The van der Waals surface area contributed by atoms with Crippen molar-refractivity contribution in [2.75, 3.05) is 86.3 Å². The third kappa shape index (κ3) is 15.1. The molecule has 1 aromatic rings. The molecule has 0 saturated heterocycles. The van der Waals surface area contributed by atoms with E-state index in [9.17, 15) is 4.79 Å². The first-order valence-corrected chi connectivity index (χ1v) is 9.98. The van der Waals surface area contributed by atoms with Crippen LogP contribution in [0.2, 0.25) is 0 Å². The van der Waals surface area contributed by atoms with Crippen LogP contribution in [0.25, 0.3) is 10.4 Å². The second-order valence-corrected chi connectivity index (χ2v) is 5.88. The van der Waals surface area contributed by atoms with Crippen molar-refractivity contribution in [3.63, 3.8) is 0 Å². The number of ether oxygens (including phenoxy) is 7. The van der Waals surface area contributed by atoms with Crippen molar-refractivity contribution < 1.29 is 38.0 Å². The number of carbonyl (C=O) groups excluding carboxylic acids is 1. The minimum atomic E-state index is -0.379. The van der Waals surface area contributed by atoms with Crippen LogP contribution in [-0.4, -0.2) is 92.3 Å². The first kappa shape index (κ1) is 26.6. The fourth-order valence-electron chi connectivity index (χ4n) is 2.16. The average molecular weight is 441 g/mol. The van der Waals surface area contributed by atoms with Gasteiger partial charge in [0.15, 0.2) is 0 Å². The van der Waals surface area contributed by atoms with E-state index in [0.717, 1.165) is 0 Å². The van der Waals surface area contributed by atoms with Crippen LogP contribution in [0.3, 0.4) is 0 Å². The Morgan fingerprint density at radius 3 is 1.68 bits per heavy atom. The molecule has 0 aliphatic heterocycles. The molecular formula is C20H31N3O8. The molecule has 0 N–H and O–H groups in total. The first-order valence-electron chi connectivity index (χ1n) is 9.98. The summed E-state index contributed by atoms with van der Waals surface area (Å²) < 4.78 is 36.9. The number of nitrogens with zero attached hydrogens (tertiary/aromatic N) is 3. The molecule has 1 rings (SSSR count). The van der Waals surface area contributed by atoms with E-state index in [2.05, 4.69) is 14.8 Å². The van der Waals surface area contributed by atoms with Crippen LogP contribution in [0.4, 0.5) is 0 Å². The number of benzene rings is 1. The molecular weight excluding hydrogens is 410 g/mol. The van der Waals surface area contributed by atoms with Crippen molar-refractivity contribution >= 4 is 5.97 Å². The number of carbonyl (C=O) groups is 1. The molecule has 0 heterocycles. The highest BCUT2D eigenvalue weighted by Gasteiger charge is 2.04. The molecule has 11 nitrogen and oxygen atoms in total. The summed E-state index contributed by atoms with van der Waals surface area (Å²) in [5, 5.41) is 3.36. The quantitative estimate of drug-likeness (QED) is 0.0990. The van der Waals surface area contributed by atoms with Gasteiger partial charge >= 0.3 is 5.97 Å². The van der Waals surface area contributed by atoms with Crippen LogP contribution in [0.15, 0.2) is 29.4 Å². The van der Waals surface area contributed by atoms with E-state index in [4.69, 9.17) is 34.0 Å². The van der Waals surface area contributed by atoms with Gasteiger partial charge in [0.2, 0.25) is 0 Å². The lowest BCUT2D eigenvalue weighted by Crippen LogP contribution is -2.14. The molecule has 0 aliphatic rings. The Hall–Kier alpha value is -2.40. The second-order valence-electron chi connectivity index (χ2n) is 5.88. The van der Waals surface area contributed by atoms with Crippen molar-refractivity contribution in [2.45, 2.75) is 0 Å². The van der Waals surface area contributed by atoms with Crippen molar-refractivity contribution in [1.82, 2.24) is 0 Å². The van der Waals surface area contributed by atoms with E-state index >= 15 is 0 Å². The van der Waals surface area contributed by atoms with Gasteiger partial charge in [-0.15, -0.1) is 0 Å². The molecule has 0 bridgehead atoms. The number of azide groups is 1. The van der Waals surface area contributed by atoms with Crippen molar-refractivity contribution in [3.05, 3.63) is 40.3 Å². The van der Waals surface area contributed by atoms with Gasteiger partial charge in [-0.25, -0.2) is 4.79 Å². The van der Waals surface area contributed by atoms with E-state index in [-0.39, 0.29) is 5.97 Å². The van der Waals surface area contributed by atoms with Crippen LogP contribution in [0.1, 0.15) is 10.4 Å². The van der Waals surface area contributed by atoms with E-state index in [0.29, 0.717) is 90.5 Å². The first-order chi connectivity index (χ1) is 15.3. The zero-order valence-corrected chi connectivity index (χ0v) is 17.9. The highest BCUT2D eigenvalue weighted by Crippen LogP contribution is 2.12. The zero-order chi connectivity index (χ0) is 22.4. The van der Waals surface area contributed by atoms with Gasteiger partial charge < -0.3 is 33.2 Å². The number of methoxy groups -OCH3 is 1. The van der Waals surface area contributed by atoms with Gasteiger partial charge in [0.05, 0.1) is 78.7 Å². The van der Waals surface area contributed by atoms with Gasteiger partial charge in [0.25, 0.3) is 0 Å². The molecule has 0 spiro atoms.